The Kier molecular flexibility index (Phi) is 7.99. The number of hydrogen-bond donors (Lipinski definition) is 2. The highest BCUT2D eigenvalue weighted by Crippen LogP contribution is 2.03. The van der Waals surface area contributed by atoms with Crippen LogP contribution in [0.1, 0.15) is 25.8 Å². The van der Waals surface area contributed by atoms with E-state index < -0.39 is 18.1 Å². The van der Waals surface area contributed by atoms with Gasteiger partial charge in [-0.1, -0.05) is 44.2 Å². The van der Waals surface area contributed by atoms with Gasteiger partial charge in [-0.2, -0.15) is 0 Å². The molecule has 122 valence electrons. The summed E-state index contributed by atoms with van der Waals surface area (Å²) in [6.45, 7) is 3.97. The van der Waals surface area contributed by atoms with Gasteiger partial charge in [-0.3, -0.25) is 0 Å². The number of aliphatic hydroxyl groups excluding tert-OH is 1. The Bertz CT molecular complexity index is 461. The summed E-state index contributed by atoms with van der Waals surface area (Å²) in [6.07, 6.45) is -0.638. The summed E-state index contributed by atoms with van der Waals surface area (Å²) < 4.78 is 10.1. The van der Waals surface area contributed by atoms with Gasteiger partial charge in [-0.25, -0.2) is 9.59 Å². The van der Waals surface area contributed by atoms with E-state index in [1.54, 1.807) is 0 Å². The zero-order valence-electron chi connectivity index (χ0n) is 13.0. The van der Waals surface area contributed by atoms with Gasteiger partial charge in [0.05, 0.1) is 6.61 Å². The van der Waals surface area contributed by atoms with Crippen LogP contribution in [-0.2, 0) is 20.9 Å². The number of benzene rings is 1. The second-order valence-corrected chi connectivity index (χ2v) is 5.29. The minimum Gasteiger partial charge on any atom is -0.464 e. The van der Waals surface area contributed by atoms with E-state index in [0.717, 1.165) is 5.56 Å². The molecule has 0 heterocycles. The fraction of sp³-hybridized carbons (Fsp3) is 0.500. The molecule has 1 amide bonds. The van der Waals surface area contributed by atoms with Crippen molar-refractivity contribution in [1.29, 1.82) is 0 Å². The maximum Gasteiger partial charge on any atom is 0.408 e. The molecule has 6 heteroatoms. The van der Waals surface area contributed by atoms with Crippen LogP contribution in [-0.4, -0.2) is 36.4 Å². The van der Waals surface area contributed by atoms with Crippen LogP contribution < -0.4 is 5.32 Å². The van der Waals surface area contributed by atoms with E-state index in [1.165, 1.54) is 0 Å². The van der Waals surface area contributed by atoms with Gasteiger partial charge in [0.25, 0.3) is 0 Å². The smallest absolute Gasteiger partial charge is 0.408 e. The summed E-state index contributed by atoms with van der Waals surface area (Å²) in [5, 5.41) is 11.4. The average molecular weight is 309 g/mol. The molecule has 0 spiro atoms. The Balaban J connectivity index is 2.44. The number of alkyl carbamates (subject to hydrolysis) is 1. The highest BCUT2D eigenvalue weighted by Gasteiger charge is 2.22. The van der Waals surface area contributed by atoms with E-state index in [-0.39, 0.29) is 32.2 Å². The van der Waals surface area contributed by atoms with Crippen LogP contribution in [0.5, 0.6) is 0 Å². The van der Waals surface area contributed by atoms with Crippen molar-refractivity contribution in [2.45, 2.75) is 32.9 Å². The first-order chi connectivity index (χ1) is 10.5. The predicted octanol–water partition coefficient (Wildman–Crippen LogP) is 1.86. The Morgan fingerprint density at radius 2 is 1.86 bits per heavy atom. The van der Waals surface area contributed by atoms with E-state index in [0.29, 0.717) is 0 Å². The van der Waals surface area contributed by atoms with E-state index in [1.807, 2.05) is 44.2 Å². The zero-order valence-corrected chi connectivity index (χ0v) is 13.0. The van der Waals surface area contributed by atoms with Gasteiger partial charge in [0.1, 0.15) is 12.6 Å². The molecule has 0 aliphatic carbocycles. The van der Waals surface area contributed by atoms with Crippen LogP contribution in [0.2, 0.25) is 0 Å². The molecule has 0 aliphatic heterocycles. The molecular weight excluding hydrogens is 286 g/mol. The number of nitrogens with one attached hydrogen (secondary N) is 1. The molecule has 22 heavy (non-hydrogen) atoms. The molecule has 0 bridgehead atoms. The number of aliphatic hydroxyl groups is 1. The lowest BCUT2D eigenvalue weighted by molar-refractivity contribution is -0.147. The Labute approximate surface area is 130 Å². The number of hydrogen-bond acceptors (Lipinski definition) is 5. The first-order valence-corrected chi connectivity index (χ1v) is 7.27. The Morgan fingerprint density at radius 1 is 1.18 bits per heavy atom. The first-order valence-electron chi connectivity index (χ1n) is 7.27. The van der Waals surface area contributed by atoms with Crippen LogP contribution >= 0.6 is 0 Å². The molecule has 0 fully saturated rings. The van der Waals surface area contributed by atoms with Gasteiger partial charge in [0.15, 0.2) is 0 Å². The highest BCUT2D eigenvalue weighted by atomic mass is 16.6. The first kappa shape index (κ1) is 18.0. The molecule has 0 radical (unpaired) electrons. The van der Waals surface area contributed by atoms with Gasteiger partial charge >= 0.3 is 12.1 Å². The van der Waals surface area contributed by atoms with Gasteiger partial charge in [0.2, 0.25) is 0 Å². The van der Waals surface area contributed by atoms with Gasteiger partial charge in [-0.05, 0) is 11.5 Å². The minimum atomic E-state index is -0.910. The number of ether oxygens (including phenoxy) is 2. The summed E-state index contributed by atoms with van der Waals surface area (Å²) in [5.41, 5.74) is 0.846. The molecule has 1 atom stereocenters. The van der Waals surface area contributed by atoms with Crippen molar-refractivity contribution in [2.75, 3.05) is 13.2 Å². The minimum absolute atomic E-state index is 0.0807. The molecule has 1 rings (SSSR count). The highest BCUT2D eigenvalue weighted by molar-refractivity contribution is 5.81. The normalized spacial score (nSPS) is 11.8. The monoisotopic (exact) mass is 309 g/mol. The van der Waals surface area contributed by atoms with Crippen molar-refractivity contribution in [2.24, 2.45) is 5.92 Å². The van der Waals surface area contributed by atoms with E-state index >= 15 is 0 Å². The average Bonchev–Trinajstić information content (AvgIpc) is 2.51. The van der Waals surface area contributed by atoms with E-state index in [2.05, 4.69) is 5.32 Å². The molecule has 0 saturated carbocycles. The number of esters is 1. The number of carbonyl (C=O) groups excluding carboxylic acids is 2. The predicted molar refractivity (Wildman–Crippen MR) is 81.1 cm³/mol. The quantitative estimate of drug-likeness (QED) is 0.716. The molecule has 0 saturated heterocycles. The number of amides is 1. The summed E-state index contributed by atoms with van der Waals surface area (Å²) in [7, 11) is 0. The maximum atomic E-state index is 11.8. The van der Waals surface area contributed by atoms with Crippen molar-refractivity contribution in [3.05, 3.63) is 35.9 Å². The molecule has 0 aromatic heterocycles. The lowest BCUT2D eigenvalue weighted by Gasteiger charge is -2.17. The molecule has 0 unspecified atom stereocenters. The SMILES string of the molecule is CC(C)COC(=O)[C@H](CCO)NC(=O)OCc1ccccc1. The molecule has 2 N–H and O–H groups in total. The topological polar surface area (TPSA) is 84.9 Å². The molecule has 1 aromatic carbocycles. The molecule has 1 aromatic rings. The maximum absolute atomic E-state index is 11.8. The van der Waals surface area contributed by atoms with Crippen molar-refractivity contribution >= 4 is 12.1 Å². The Morgan fingerprint density at radius 3 is 2.45 bits per heavy atom. The van der Waals surface area contributed by atoms with E-state index in [9.17, 15) is 9.59 Å². The summed E-state index contributed by atoms with van der Waals surface area (Å²) >= 11 is 0. The number of rotatable bonds is 8. The largest absolute Gasteiger partial charge is 0.464 e. The number of carbonyl (C=O) groups is 2. The van der Waals surface area contributed by atoms with Crippen molar-refractivity contribution in [1.82, 2.24) is 5.32 Å². The molecule has 0 aliphatic rings. The van der Waals surface area contributed by atoms with Crippen LogP contribution in [0.3, 0.4) is 0 Å². The van der Waals surface area contributed by atoms with Crippen molar-refractivity contribution in [3.63, 3.8) is 0 Å². The van der Waals surface area contributed by atoms with Gasteiger partial charge in [-0.15, -0.1) is 0 Å². The third kappa shape index (κ3) is 7.08. The lowest BCUT2D eigenvalue weighted by atomic mass is 10.2. The summed E-state index contributed by atoms with van der Waals surface area (Å²) in [6, 6.07) is 8.30. The van der Waals surface area contributed by atoms with Crippen LogP contribution in [0.4, 0.5) is 4.79 Å². The van der Waals surface area contributed by atoms with Crippen LogP contribution in [0.25, 0.3) is 0 Å². The van der Waals surface area contributed by atoms with Crippen molar-refractivity contribution < 1.29 is 24.2 Å². The molecular formula is C16H23NO5. The van der Waals surface area contributed by atoms with E-state index in [4.69, 9.17) is 14.6 Å². The van der Waals surface area contributed by atoms with Gasteiger partial charge < -0.3 is 19.9 Å². The third-order valence-electron chi connectivity index (χ3n) is 2.77. The third-order valence-corrected chi connectivity index (χ3v) is 2.77. The van der Waals surface area contributed by atoms with Gasteiger partial charge in [0, 0.05) is 13.0 Å². The second kappa shape index (κ2) is 9.78. The zero-order chi connectivity index (χ0) is 16.4. The standard InChI is InChI=1S/C16H23NO5/c1-12(2)10-21-15(19)14(8-9-18)17-16(20)22-11-13-6-4-3-5-7-13/h3-7,12,14,18H,8-11H2,1-2H3,(H,17,20)/t14-/m0/s1. The van der Waals surface area contributed by atoms with Crippen molar-refractivity contribution in [3.8, 4) is 0 Å². The van der Waals surface area contributed by atoms with Crippen LogP contribution in [0, 0.1) is 5.92 Å². The summed E-state index contributed by atoms with van der Waals surface area (Å²) in [5.74, 6) is -0.372. The van der Waals surface area contributed by atoms with Crippen LogP contribution in [0.15, 0.2) is 30.3 Å². The summed E-state index contributed by atoms with van der Waals surface area (Å²) in [4.78, 5) is 23.6. The Hall–Kier alpha value is -2.08. The molecule has 6 nitrogen and oxygen atoms in total. The second-order valence-electron chi connectivity index (χ2n) is 5.29. The fourth-order valence-corrected chi connectivity index (χ4v) is 1.63. The fourth-order valence-electron chi connectivity index (χ4n) is 1.63. The lowest BCUT2D eigenvalue weighted by Crippen LogP contribution is -2.43.